The summed E-state index contributed by atoms with van der Waals surface area (Å²) in [6, 6.07) is 15.0. The molecule has 0 fully saturated rings. The normalized spacial score (nSPS) is 10.4. The number of nitrogens with one attached hydrogen (secondary N) is 1. The monoisotopic (exact) mass is 358 g/mol. The fourth-order valence-corrected chi connectivity index (χ4v) is 3.30. The third-order valence-electron chi connectivity index (χ3n) is 3.45. The van der Waals surface area contributed by atoms with E-state index in [1.807, 2.05) is 48.5 Å². The molecule has 0 atom stereocenters. The van der Waals surface area contributed by atoms with Gasteiger partial charge in [0, 0.05) is 12.1 Å². The minimum Gasteiger partial charge on any atom is -0.497 e. The van der Waals surface area contributed by atoms with Gasteiger partial charge in [-0.3, -0.25) is 4.79 Å². The van der Waals surface area contributed by atoms with Gasteiger partial charge in [-0.2, -0.15) is 0 Å². The molecule has 4 nitrogen and oxygen atoms in total. The van der Waals surface area contributed by atoms with Crippen LogP contribution in [-0.2, 0) is 6.54 Å². The Morgan fingerprint density at radius 3 is 2.67 bits per heavy atom. The molecule has 0 radical (unpaired) electrons. The van der Waals surface area contributed by atoms with Crippen molar-refractivity contribution in [2.75, 3.05) is 7.11 Å². The van der Waals surface area contributed by atoms with Crippen LogP contribution in [0.5, 0.6) is 5.75 Å². The minimum absolute atomic E-state index is 0.151. The maximum atomic E-state index is 12.3. The number of aromatic nitrogens is 1. The highest BCUT2D eigenvalue weighted by atomic mass is 35.5. The molecule has 0 unspecified atom stereocenters. The topological polar surface area (TPSA) is 51.2 Å². The van der Waals surface area contributed by atoms with Crippen LogP contribution in [0.15, 0.2) is 54.7 Å². The molecule has 2 aromatic carbocycles. The lowest BCUT2D eigenvalue weighted by molar-refractivity contribution is 0.0955. The number of ether oxygens (including phenoxy) is 1. The van der Waals surface area contributed by atoms with E-state index in [0.717, 1.165) is 21.9 Å². The van der Waals surface area contributed by atoms with E-state index in [2.05, 4.69) is 10.3 Å². The van der Waals surface area contributed by atoms with Crippen LogP contribution in [0, 0.1) is 0 Å². The summed E-state index contributed by atoms with van der Waals surface area (Å²) in [6.07, 6.45) is 1.58. The summed E-state index contributed by atoms with van der Waals surface area (Å²) in [5, 5.41) is 4.24. The first-order valence-electron chi connectivity index (χ1n) is 7.29. The number of rotatable bonds is 5. The molecule has 1 heterocycles. The molecule has 1 amide bonds. The number of halogens is 1. The van der Waals surface area contributed by atoms with E-state index >= 15 is 0 Å². The van der Waals surface area contributed by atoms with E-state index in [-0.39, 0.29) is 5.91 Å². The Hall–Kier alpha value is -2.37. The Labute approximate surface area is 149 Å². The van der Waals surface area contributed by atoms with Gasteiger partial charge in [-0.1, -0.05) is 41.9 Å². The highest BCUT2D eigenvalue weighted by Crippen LogP contribution is 2.30. The van der Waals surface area contributed by atoms with Crippen LogP contribution in [0.1, 0.15) is 15.2 Å². The van der Waals surface area contributed by atoms with Crippen molar-refractivity contribution in [1.82, 2.24) is 10.3 Å². The van der Waals surface area contributed by atoms with Gasteiger partial charge in [-0.05, 0) is 23.8 Å². The largest absolute Gasteiger partial charge is 0.497 e. The smallest absolute Gasteiger partial charge is 0.263 e. The van der Waals surface area contributed by atoms with Crippen molar-refractivity contribution in [3.8, 4) is 16.3 Å². The number of hydrogen-bond donors (Lipinski definition) is 1. The van der Waals surface area contributed by atoms with Crippen molar-refractivity contribution >= 4 is 28.8 Å². The molecule has 0 spiro atoms. The molecular formula is C18H15ClN2O2S. The number of carbonyl (C=O) groups is 1. The number of nitrogens with zero attached hydrogens (tertiary/aromatic N) is 1. The standard InChI is InChI=1S/C18H15ClN2O2S/c1-23-13-8-6-12(7-9-13)10-20-17(22)16-11-21-18(24-16)14-4-2-3-5-15(14)19/h2-9,11H,10H2,1H3,(H,20,22). The van der Waals surface area contributed by atoms with Crippen molar-refractivity contribution in [2.45, 2.75) is 6.54 Å². The summed E-state index contributed by atoms with van der Waals surface area (Å²) in [6.45, 7) is 0.447. The van der Waals surface area contributed by atoms with E-state index in [9.17, 15) is 4.79 Å². The van der Waals surface area contributed by atoms with Gasteiger partial charge in [0.1, 0.15) is 15.6 Å². The molecule has 1 aromatic heterocycles. The Balaban J connectivity index is 1.66. The zero-order chi connectivity index (χ0) is 16.9. The Kier molecular flexibility index (Phi) is 5.13. The molecule has 6 heteroatoms. The van der Waals surface area contributed by atoms with Crippen LogP contribution < -0.4 is 10.1 Å². The van der Waals surface area contributed by atoms with Crippen LogP contribution in [0.3, 0.4) is 0 Å². The summed E-state index contributed by atoms with van der Waals surface area (Å²) in [7, 11) is 1.62. The van der Waals surface area contributed by atoms with Crippen molar-refractivity contribution in [3.63, 3.8) is 0 Å². The first-order chi connectivity index (χ1) is 11.7. The average molecular weight is 359 g/mol. The maximum Gasteiger partial charge on any atom is 0.263 e. The molecule has 3 rings (SSSR count). The molecule has 0 aliphatic rings. The van der Waals surface area contributed by atoms with E-state index in [0.29, 0.717) is 16.4 Å². The fraction of sp³-hybridized carbons (Fsp3) is 0.111. The Morgan fingerprint density at radius 2 is 1.96 bits per heavy atom. The van der Waals surface area contributed by atoms with Crippen LogP contribution in [-0.4, -0.2) is 18.0 Å². The predicted octanol–water partition coefficient (Wildman–Crippen LogP) is 4.40. The van der Waals surface area contributed by atoms with Crippen LogP contribution >= 0.6 is 22.9 Å². The SMILES string of the molecule is COc1ccc(CNC(=O)c2cnc(-c3ccccc3Cl)s2)cc1. The van der Waals surface area contributed by atoms with Crippen molar-refractivity contribution in [3.05, 3.63) is 70.2 Å². The van der Waals surface area contributed by atoms with Crippen molar-refractivity contribution in [2.24, 2.45) is 0 Å². The van der Waals surface area contributed by atoms with Gasteiger partial charge >= 0.3 is 0 Å². The summed E-state index contributed by atoms with van der Waals surface area (Å²) in [4.78, 5) is 17.1. The van der Waals surface area contributed by atoms with Crippen LogP contribution in [0.2, 0.25) is 5.02 Å². The first-order valence-corrected chi connectivity index (χ1v) is 8.48. The number of methoxy groups -OCH3 is 1. The first kappa shape index (κ1) is 16.5. The second-order valence-electron chi connectivity index (χ2n) is 5.04. The van der Waals surface area contributed by atoms with E-state index in [1.54, 1.807) is 13.3 Å². The lowest BCUT2D eigenvalue weighted by Gasteiger charge is -2.05. The minimum atomic E-state index is -0.151. The third-order valence-corrected chi connectivity index (χ3v) is 4.80. The van der Waals surface area contributed by atoms with Gasteiger partial charge in [0.15, 0.2) is 0 Å². The molecule has 1 N–H and O–H groups in total. The molecule has 24 heavy (non-hydrogen) atoms. The average Bonchev–Trinajstić information content (AvgIpc) is 3.10. The van der Waals surface area contributed by atoms with Gasteiger partial charge in [0.05, 0.1) is 18.3 Å². The third kappa shape index (κ3) is 3.75. The van der Waals surface area contributed by atoms with Gasteiger partial charge in [-0.15, -0.1) is 11.3 Å². The number of hydrogen-bond acceptors (Lipinski definition) is 4. The predicted molar refractivity (Wildman–Crippen MR) is 96.7 cm³/mol. The zero-order valence-electron chi connectivity index (χ0n) is 13.0. The molecule has 122 valence electrons. The van der Waals surface area contributed by atoms with Gasteiger partial charge < -0.3 is 10.1 Å². The highest BCUT2D eigenvalue weighted by Gasteiger charge is 2.13. The maximum absolute atomic E-state index is 12.3. The summed E-state index contributed by atoms with van der Waals surface area (Å²) in [5.74, 6) is 0.638. The molecule has 0 saturated carbocycles. The lowest BCUT2D eigenvalue weighted by atomic mass is 10.2. The van der Waals surface area contributed by atoms with E-state index < -0.39 is 0 Å². The van der Waals surface area contributed by atoms with Gasteiger partial charge in [0.2, 0.25) is 0 Å². The Morgan fingerprint density at radius 1 is 1.21 bits per heavy atom. The molecule has 0 saturated heterocycles. The number of thiazole rings is 1. The quantitative estimate of drug-likeness (QED) is 0.735. The molecule has 3 aromatic rings. The molecular weight excluding hydrogens is 344 g/mol. The summed E-state index contributed by atoms with van der Waals surface area (Å²) >= 11 is 7.49. The second-order valence-corrected chi connectivity index (χ2v) is 6.48. The van der Waals surface area contributed by atoms with Crippen LogP contribution in [0.25, 0.3) is 10.6 Å². The van der Waals surface area contributed by atoms with E-state index in [1.165, 1.54) is 11.3 Å². The second kappa shape index (κ2) is 7.47. The van der Waals surface area contributed by atoms with Gasteiger partial charge in [0.25, 0.3) is 5.91 Å². The summed E-state index contributed by atoms with van der Waals surface area (Å²) < 4.78 is 5.11. The molecule has 0 aliphatic carbocycles. The molecule has 0 aliphatic heterocycles. The Bertz CT molecular complexity index is 846. The van der Waals surface area contributed by atoms with Crippen molar-refractivity contribution in [1.29, 1.82) is 0 Å². The molecule has 0 bridgehead atoms. The lowest BCUT2D eigenvalue weighted by Crippen LogP contribution is -2.21. The van der Waals surface area contributed by atoms with E-state index in [4.69, 9.17) is 16.3 Å². The number of benzene rings is 2. The fourth-order valence-electron chi connectivity index (χ4n) is 2.15. The highest BCUT2D eigenvalue weighted by molar-refractivity contribution is 7.17. The number of carbonyl (C=O) groups excluding carboxylic acids is 1. The van der Waals surface area contributed by atoms with Gasteiger partial charge in [-0.25, -0.2) is 4.98 Å². The summed E-state index contributed by atoms with van der Waals surface area (Å²) in [5.41, 5.74) is 1.83. The van der Waals surface area contributed by atoms with Crippen molar-refractivity contribution < 1.29 is 9.53 Å². The van der Waals surface area contributed by atoms with Crippen LogP contribution in [0.4, 0.5) is 0 Å². The number of amides is 1. The zero-order valence-corrected chi connectivity index (χ0v) is 14.5.